The third-order valence-corrected chi connectivity index (χ3v) is 3.27. The lowest BCUT2D eigenvalue weighted by atomic mass is 10.1. The van der Waals surface area contributed by atoms with Crippen LogP contribution < -0.4 is 4.74 Å². The lowest BCUT2D eigenvalue weighted by Gasteiger charge is -2.09. The van der Waals surface area contributed by atoms with Crippen LogP contribution in [0.25, 0.3) is 11.1 Å². The van der Waals surface area contributed by atoms with Crippen LogP contribution in [0.15, 0.2) is 48.5 Å². The summed E-state index contributed by atoms with van der Waals surface area (Å²) in [7, 11) is 0. The van der Waals surface area contributed by atoms with Gasteiger partial charge in [0.1, 0.15) is 11.5 Å². The normalized spacial score (nSPS) is 10.3. The molecule has 0 bridgehead atoms. The summed E-state index contributed by atoms with van der Waals surface area (Å²) in [4.78, 5) is 10.8. The van der Waals surface area contributed by atoms with E-state index in [-0.39, 0.29) is 5.78 Å². The van der Waals surface area contributed by atoms with Crippen molar-refractivity contribution in [2.24, 2.45) is 0 Å². The van der Waals surface area contributed by atoms with Crippen LogP contribution >= 0.6 is 11.6 Å². The third kappa shape index (κ3) is 4.10. The first-order valence-electron chi connectivity index (χ1n) is 6.64. The smallest absolute Gasteiger partial charge is 0.137 e. The monoisotopic (exact) mass is 288 g/mol. The summed E-state index contributed by atoms with van der Waals surface area (Å²) in [6.45, 7) is 2.09. The molecule has 2 rings (SSSR count). The van der Waals surface area contributed by atoms with Crippen molar-refractivity contribution >= 4 is 17.4 Å². The molecular weight excluding hydrogens is 272 g/mol. The number of carbonyl (C=O) groups excluding carboxylic acids is 1. The van der Waals surface area contributed by atoms with Gasteiger partial charge in [-0.15, -0.1) is 0 Å². The van der Waals surface area contributed by atoms with Gasteiger partial charge in [-0.3, -0.25) is 0 Å². The summed E-state index contributed by atoms with van der Waals surface area (Å²) in [6, 6.07) is 15.8. The van der Waals surface area contributed by atoms with Crippen molar-refractivity contribution < 1.29 is 9.53 Å². The van der Waals surface area contributed by atoms with Crippen LogP contribution in [0.5, 0.6) is 5.75 Å². The number of ketones is 1. The summed E-state index contributed by atoms with van der Waals surface area (Å²) in [6.07, 6.45) is 1.26. The molecule has 0 heterocycles. The molecular formula is C17H17ClO2. The van der Waals surface area contributed by atoms with Gasteiger partial charge in [0.25, 0.3) is 0 Å². The molecule has 0 spiro atoms. The highest BCUT2D eigenvalue weighted by molar-refractivity contribution is 6.32. The van der Waals surface area contributed by atoms with Crippen molar-refractivity contribution in [1.82, 2.24) is 0 Å². The van der Waals surface area contributed by atoms with E-state index in [9.17, 15) is 4.79 Å². The maximum Gasteiger partial charge on any atom is 0.137 e. The highest BCUT2D eigenvalue weighted by atomic mass is 35.5. The maximum absolute atomic E-state index is 10.8. The van der Waals surface area contributed by atoms with E-state index in [1.165, 1.54) is 0 Å². The summed E-state index contributed by atoms with van der Waals surface area (Å²) in [5.74, 6) is 0.842. The van der Waals surface area contributed by atoms with Crippen LogP contribution in [0.1, 0.15) is 19.8 Å². The first kappa shape index (κ1) is 14.6. The van der Waals surface area contributed by atoms with E-state index in [0.29, 0.717) is 30.2 Å². The fourth-order valence-corrected chi connectivity index (χ4v) is 2.17. The molecule has 0 aromatic heterocycles. The van der Waals surface area contributed by atoms with Crippen molar-refractivity contribution in [2.45, 2.75) is 19.8 Å². The molecule has 2 nitrogen and oxygen atoms in total. The second-order valence-electron chi connectivity index (χ2n) is 4.67. The number of rotatable bonds is 6. The van der Waals surface area contributed by atoms with Crippen LogP contribution in [0.2, 0.25) is 5.02 Å². The van der Waals surface area contributed by atoms with Gasteiger partial charge in [0.2, 0.25) is 0 Å². The van der Waals surface area contributed by atoms with E-state index in [4.69, 9.17) is 16.3 Å². The molecule has 0 aliphatic heterocycles. The van der Waals surface area contributed by atoms with Crippen molar-refractivity contribution in [3.05, 3.63) is 53.6 Å². The summed E-state index contributed by atoms with van der Waals surface area (Å²) < 4.78 is 5.59. The van der Waals surface area contributed by atoms with Crippen LogP contribution in [0, 0.1) is 0 Å². The summed E-state index contributed by atoms with van der Waals surface area (Å²) in [5.41, 5.74) is 2.18. The van der Waals surface area contributed by atoms with Crippen molar-refractivity contribution in [3.8, 4) is 16.9 Å². The van der Waals surface area contributed by atoms with Gasteiger partial charge in [0, 0.05) is 6.42 Å². The number of halogens is 1. The zero-order valence-electron chi connectivity index (χ0n) is 11.4. The topological polar surface area (TPSA) is 26.3 Å². The molecule has 3 heteroatoms. The number of hydrogen-bond donors (Lipinski definition) is 0. The van der Waals surface area contributed by atoms with Crippen molar-refractivity contribution in [3.63, 3.8) is 0 Å². The van der Waals surface area contributed by atoms with Gasteiger partial charge in [-0.25, -0.2) is 0 Å². The Balaban J connectivity index is 2.01. The third-order valence-electron chi connectivity index (χ3n) is 2.97. The van der Waals surface area contributed by atoms with Crippen LogP contribution in [0.3, 0.4) is 0 Å². The molecule has 0 saturated heterocycles. The molecule has 0 amide bonds. The van der Waals surface area contributed by atoms with Crippen LogP contribution in [-0.4, -0.2) is 12.4 Å². The van der Waals surface area contributed by atoms with E-state index in [0.717, 1.165) is 11.1 Å². The molecule has 0 unspecified atom stereocenters. The van der Waals surface area contributed by atoms with E-state index < -0.39 is 0 Å². The second-order valence-corrected chi connectivity index (χ2v) is 5.07. The molecule has 20 heavy (non-hydrogen) atoms. The van der Waals surface area contributed by atoms with Gasteiger partial charge in [-0.2, -0.15) is 0 Å². The predicted molar refractivity (Wildman–Crippen MR) is 82.3 cm³/mol. The standard InChI is InChI=1S/C17H17ClO2/c1-13(19)6-5-11-20-17-10-9-15(12-16(17)18)14-7-3-2-4-8-14/h2-4,7-10,12H,5-6,11H2,1H3. The minimum Gasteiger partial charge on any atom is -0.492 e. The SMILES string of the molecule is CC(=O)CCCOc1ccc(-c2ccccc2)cc1Cl. The molecule has 0 aliphatic rings. The van der Waals surface area contributed by atoms with Crippen molar-refractivity contribution in [1.29, 1.82) is 0 Å². The Morgan fingerprint density at radius 2 is 1.85 bits per heavy atom. The van der Waals surface area contributed by atoms with E-state index in [1.54, 1.807) is 6.92 Å². The van der Waals surface area contributed by atoms with Gasteiger partial charge in [-0.1, -0.05) is 48.0 Å². The number of Topliss-reactive ketones (excluding diaryl/α,β-unsaturated/α-hetero) is 1. The number of benzene rings is 2. The average molecular weight is 289 g/mol. The quantitative estimate of drug-likeness (QED) is 0.717. The van der Waals surface area contributed by atoms with E-state index in [2.05, 4.69) is 0 Å². The minimum atomic E-state index is 0.180. The Hall–Kier alpha value is -1.80. The molecule has 2 aromatic carbocycles. The lowest BCUT2D eigenvalue weighted by molar-refractivity contribution is -0.117. The maximum atomic E-state index is 10.8. The molecule has 0 atom stereocenters. The van der Waals surface area contributed by atoms with Gasteiger partial charge >= 0.3 is 0 Å². The Morgan fingerprint density at radius 3 is 2.50 bits per heavy atom. The fourth-order valence-electron chi connectivity index (χ4n) is 1.93. The van der Waals surface area contributed by atoms with Gasteiger partial charge < -0.3 is 9.53 Å². The lowest BCUT2D eigenvalue weighted by Crippen LogP contribution is -2.00. The largest absolute Gasteiger partial charge is 0.492 e. The Labute approximate surface area is 124 Å². The van der Waals surface area contributed by atoms with Crippen LogP contribution in [-0.2, 0) is 4.79 Å². The van der Waals surface area contributed by atoms with E-state index in [1.807, 2.05) is 48.5 Å². The number of hydrogen-bond acceptors (Lipinski definition) is 2. The van der Waals surface area contributed by atoms with Crippen molar-refractivity contribution in [2.75, 3.05) is 6.61 Å². The highest BCUT2D eigenvalue weighted by Crippen LogP contribution is 2.30. The summed E-state index contributed by atoms with van der Waals surface area (Å²) in [5, 5.41) is 0.592. The van der Waals surface area contributed by atoms with Gasteiger partial charge in [-0.05, 0) is 36.6 Å². The molecule has 0 radical (unpaired) electrons. The van der Waals surface area contributed by atoms with E-state index >= 15 is 0 Å². The molecule has 0 aliphatic carbocycles. The Kier molecular flexibility index (Phi) is 5.19. The average Bonchev–Trinajstić information content (AvgIpc) is 2.45. The highest BCUT2D eigenvalue weighted by Gasteiger charge is 2.05. The Morgan fingerprint density at radius 1 is 1.10 bits per heavy atom. The fraction of sp³-hybridized carbons (Fsp3) is 0.235. The number of carbonyl (C=O) groups is 1. The predicted octanol–water partition coefficient (Wildman–Crippen LogP) is 4.76. The molecule has 0 saturated carbocycles. The van der Waals surface area contributed by atoms with Gasteiger partial charge in [0.05, 0.1) is 11.6 Å². The summed E-state index contributed by atoms with van der Waals surface area (Å²) >= 11 is 6.23. The van der Waals surface area contributed by atoms with Gasteiger partial charge in [0.15, 0.2) is 0 Å². The molecule has 0 fully saturated rings. The minimum absolute atomic E-state index is 0.180. The van der Waals surface area contributed by atoms with Crippen LogP contribution in [0.4, 0.5) is 0 Å². The number of ether oxygens (including phenoxy) is 1. The second kappa shape index (κ2) is 7.11. The molecule has 104 valence electrons. The molecule has 0 N–H and O–H groups in total. The first-order chi connectivity index (χ1) is 9.66. The Bertz CT molecular complexity index is 579. The zero-order chi connectivity index (χ0) is 14.4. The first-order valence-corrected chi connectivity index (χ1v) is 7.02. The zero-order valence-corrected chi connectivity index (χ0v) is 12.2. The molecule has 2 aromatic rings.